The zero-order chi connectivity index (χ0) is 23.6. The monoisotopic (exact) mass is 481 g/mol. The maximum absolute atomic E-state index is 13.1. The van der Waals surface area contributed by atoms with Gasteiger partial charge in [-0.2, -0.15) is 0 Å². The molecule has 0 aliphatic heterocycles. The number of nitrogens with two attached hydrogens (primary N) is 1. The Morgan fingerprint density at radius 2 is 1.85 bits per heavy atom. The largest absolute Gasteiger partial charge is 0.397 e. The number of carbonyl (C=O) groups excluding carboxylic acids is 1. The molecule has 0 fully saturated rings. The molecule has 10 heteroatoms. The zero-order valence-electron chi connectivity index (χ0n) is 18.2. The second kappa shape index (κ2) is 9.24. The van der Waals surface area contributed by atoms with Gasteiger partial charge in [0.2, 0.25) is 11.7 Å². The Bertz CT molecular complexity index is 1430. The molecule has 3 N–H and O–H groups in total. The highest BCUT2D eigenvalue weighted by atomic mass is 32.2. The van der Waals surface area contributed by atoms with E-state index in [4.69, 9.17) is 5.73 Å². The third-order valence-corrected chi connectivity index (χ3v) is 7.55. The molecule has 0 unspecified atom stereocenters. The molecule has 170 valence electrons. The van der Waals surface area contributed by atoms with Crippen LogP contribution in [0, 0.1) is 6.92 Å². The number of benzene rings is 1. The molecular weight excluding hydrogens is 458 g/mol. The van der Waals surface area contributed by atoms with Gasteiger partial charge < -0.3 is 5.73 Å². The van der Waals surface area contributed by atoms with Gasteiger partial charge in [0, 0.05) is 28.5 Å². The molecule has 4 aromatic rings. The number of anilines is 2. The highest BCUT2D eigenvalue weighted by Gasteiger charge is 2.21. The van der Waals surface area contributed by atoms with Gasteiger partial charge in [-0.25, -0.2) is 28.1 Å². The van der Waals surface area contributed by atoms with Crippen molar-refractivity contribution in [2.45, 2.75) is 38.0 Å². The highest BCUT2D eigenvalue weighted by molar-refractivity contribution is 7.92. The quantitative estimate of drug-likeness (QED) is 0.358. The Morgan fingerprint density at radius 1 is 1.09 bits per heavy atom. The van der Waals surface area contributed by atoms with E-state index in [1.807, 2.05) is 12.1 Å². The van der Waals surface area contributed by atoms with E-state index in [1.165, 1.54) is 41.8 Å². The molecule has 0 saturated heterocycles. The lowest BCUT2D eigenvalue weighted by molar-refractivity contribution is 0.104. The first-order valence-electron chi connectivity index (χ1n) is 10.4. The molecule has 0 aliphatic rings. The first-order chi connectivity index (χ1) is 15.8. The van der Waals surface area contributed by atoms with Gasteiger partial charge in [0.1, 0.15) is 9.71 Å². The number of nitrogen functional groups attached to an aromatic ring is 1. The molecule has 0 aliphatic carbocycles. The number of unbranched alkanes of at least 4 members (excludes halogenated alkanes) is 1. The number of nitrogens with zero attached hydrogens (tertiary/aromatic N) is 3. The summed E-state index contributed by atoms with van der Waals surface area (Å²) in [6, 6.07) is 11.2. The van der Waals surface area contributed by atoms with Gasteiger partial charge in [0.05, 0.1) is 10.6 Å². The Labute approximate surface area is 196 Å². The average Bonchev–Trinajstić information content (AvgIpc) is 3.12. The van der Waals surface area contributed by atoms with Gasteiger partial charge >= 0.3 is 0 Å². The molecule has 3 heterocycles. The number of thiophene rings is 1. The van der Waals surface area contributed by atoms with E-state index in [-0.39, 0.29) is 16.6 Å². The van der Waals surface area contributed by atoms with Gasteiger partial charge in [-0.05, 0) is 62.2 Å². The van der Waals surface area contributed by atoms with Gasteiger partial charge in [0.25, 0.3) is 10.0 Å². The number of carbonyl (C=O) groups is 1. The molecule has 4 rings (SSSR count). The summed E-state index contributed by atoms with van der Waals surface area (Å²) in [6.07, 6.45) is 4.48. The van der Waals surface area contributed by atoms with Crippen molar-refractivity contribution in [1.82, 2.24) is 15.0 Å². The number of aryl methyl sites for hydroxylation is 2. The second-order valence-electron chi connectivity index (χ2n) is 7.58. The van der Waals surface area contributed by atoms with Crippen LogP contribution >= 0.6 is 11.3 Å². The van der Waals surface area contributed by atoms with Gasteiger partial charge in [-0.1, -0.05) is 13.3 Å². The van der Waals surface area contributed by atoms with Crippen LogP contribution in [0.1, 0.15) is 46.4 Å². The van der Waals surface area contributed by atoms with Crippen LogP contribution in [0.5, 0.6) is 0 Å². The number of nitrogens with one attached hydrogen (secondary N) is 1. The molecule has 0 saturated carbocycles. The van der Waals surface area contributed by atoms with Crippen molar-refractivity contribution < 1.29 is 13.2 Å². The van der Waals surface area contributed by atoms with E-state index in [1.54, 1.807) is 13.0 Å². The van der Waals surface area contributed by atoms with Crippen molar-refractivity contribution >= 4 is 49.0 Å². The van der Waals surface area contributed by atoms with Crippen molar-refractivity contribution in [2.75, 3.05) is 10.5 Å². The smallest absolute Gasteiger partial charge is 0.264 e. The topological polar surface area (TPSA) is 128 Å². The van der Waals surface area contributed by atoms with E-state index in [0.29, 0.717) is 21.8 Å². The third kappa shape index (κ3) is 4.86. The fraction of sp³-hybridized carbons (Fsp3) is 0.217. The molecule has 0 spiro atoms. The first-order valence-corrected chi connectivity index (χ1v) is 12.7. The predicted octanol–water partition coefficient (Wildman–Crippen LogP) is 4.35. The number of ketones is 1. The van der Waals surface area contributed by atoms with E-state index in [0.717, 1.165) is 35.2 Å². The minimum Gasteiger partial charge on any atom is -0.397 e. The molecule has 33 heavy (non-hydrogen) atoms. The van der Waals surface area contributed by atoms with Crippen molar-refractivity contribution in [2.24, 2.45) is 0 Å². The van der Waals surface area contributed by atoms with Gasteiger partial charge in [-0.15, -0.1) is 11.3 Å². The lowest BCUT2D eigenvalue weighted by Crippen LogP contribution is -2.15. The first kappa shape index (κ1) is 22.8. The molecule has 3 aromatic heterocycles. The Kier molecular flexibility index (Phi) is 6.39. The van der Waals surface area contributed by atoms with Crippen molar-refractivity contribution in [3.8, 4) is 0 Å². The van der Waals surface area contributed by atoms with E-state index < -0.39 is 10.0 Å². The van der Waals surface area contributed by atoms with Crippen LogP contribution in [-0.2, 0) is 16.4 Å². The summed E-state index contributed by atoms with van der Waals surface area (Å²) in [4.78, 5) is 26.8. The van der Waals surface area contributed by atoms with Crippen LogP contribution in [0.15, 0.2) is 53.6 Å². The molecule has 0 radical (unpaired) electrons. The predicted molar refractivity (Wildman–Crippen MR) is 130 cm³/mol. The van der Waals surface area contributed by atoms with Crippen LogP contribution in [-0.4, -0.2) is 29.2 Å². The fourth-order valence-electron chi connectivity index (χ4n) is 3.30. The maximum atomic E-state index is 13.1. The summed E-state index contributed by atoms with van der Waals surface area (Å²) in [5, 5.41) is 0.755. The Balaban J connectivity index is 1.58. The minimum atomic E-state index is -3.90. The molecule has 0 amide bonds. The summed E-state index contributed by atoms with van der Waals surface area (Å²) >= 11 is 1.25. The third-order valence-electron chi connectivity index (χ3n) is 5.09. The lowest BCUT2D eigenvalue weighted by Gasteiger charge is -2.07. The Hall–Kier alpha value is -3.37. The summed E-state index contributed by atoms with van der Waals surface area (Å²) in [5.41, 5.74) is 8.60. The van der Waals surface area contributed by atoms with Crippen LogP contribution in [0.3, 0.4) is 0 Å². The fourth-order valence-corrected chi connectivity index (χ4v) is 5.32. The second-order valence-corrected chi connectivity index (χ2v) is 10.3. The number of hydrogen-bond acceptors (Lipinski definition) is 8. The lowest BCUT2D eigenvalue weighted by atomic mass is 10.1. The van der Waals surface area contributed by atoms with E-state index >= 15 is 0 Å². The Morgan fingerprint density at radius 3 is 2.55 bits per heavy atom. The highest BCUT2D eigenvalue weighted by Crippen LogP contribution is 2.34. The van der Waals surface area contributed by atoms with Crippen molar-refractivity contribution in [3.63, 3.8) is 0 Å². The minimum absolute atomic E-state index is 0.00398. The molecule has 8 nitrogen and oxygen atoms in total. The van der Waals surface area contributed by atoms with Gasteiger partial charge in [0.15, 0.2) is 0 Å². The molecule has 1 aromatic carbocycles. The molecule has 0 atom stereocenters. The maximum Gasteiger partial charge on any atom is 0.264 e. The van der Waals surface area contributed by atoms with Crippen molar-refractivity contribution in [1.29, 1.82) is 0 Å². The van der Waals surface area contributed by atoms with E-state index in [9.17, 15) is 13.2 Å². The summed E-state index contributed by atoms with van der Waals surface area (Å²) in [7, 11) is -3.90. The SMILES string of the molecule is CCCCc1ccc2c(N)c(C(=O)c3ccc(S(=O)(=O)Nc4nccc(C)n4)cc3)sc2n1. The normalized spacial score (nSPS) is 11.6. The number of hydrogen-bond donors (Lipinski definition) is 2. The van der Waals surface area contributed by atoms with Crippen LogP contribution < -0.4 is 10.5 Å². The van der Waals surface area contributed by atoms with Crippen LogP contribution in [0.25, 0.3) is 10.2 Å². The van der Waals surface area contributed by atoms with Crippen LogP contribution in [0.4, 0.5) is 11.6 Å². The number of sulfonamides is 1. The zero-order valence-corrected chi connectivity index (χ0v) is 19.8. The molecule has 0 bridgehead atoms. The summed E-state index contributed by atoms with van der Waals surface area (Å²) in [5.74, 6) is -0.288. The van der Waals surface area contributed by atoms with Gasteiger partial charge in [-0.3, -0.25) is 4.79 Å². The summed E-state index contributed by atoms with van der Waals surface area (Å²) in [6.45, 7) is 3.86. The van der Waals surface area contributed by atoms with Crippen LogP contribution in [0.2, 0.25) is 0 Å². The summed E-state index contributed by atoms with van der Waals surface area (Å²) < 4.78 is 27.6. The number of pyridine rings is 1. The molecular formula is C23H23N5O3S2. The van der Waals surface area contributed by atoms with Crippen molar-refractivity contribution in [3.05, 3.63) is 70.5 Å². The average molecular weight is 482 g/mol. The number of fused-ring (bicyclic) bond motifs is 1. The number of rotatable bonds is 8. The van der Waals surface area contributed by atoms with E-state index in [2.05, 4.69) is 26.6 Å². The standard InChI is InChI=1S/C23H23N5O3S2/c1-3-4-5-16-8-11-18-19(24)21(32-22(18)27-16)20(29)15-6-9-17(10-7-15)33(30,31)28-23-25-13-12-14(2)26-23/h6-13H,3-5,24H2,1-2H3,(H,25,26,28). The number of aromatic nitrogens is 3.